The Bertz CT molecular complexity index is 416. The summed E-state index contributed by atoms with van der Waals surface area (Å²) in [5, 5.41) is 3.69. The molecule has 2 heteroatoms. The first-order chi connectivity index (χ1) is 10.3. The van der Waals surface area contributed by atoms with Crippen molar-refractivity contribution in [3.8, 4) is 0 Å². The smallest absolute Gasteiger partial charge is 0.0362 e. The Morgan fingerprint density at radius 1 is 1.05 bits per heavy atom. The Hall–Kier alpha value is -0.860. The summed E-state index contributed by atoms with van der Waals surface area (Å²) in [6.07, 6.45) is 10.9. The van der Waals surface area contributed by atoms with Gasteiger partial charge in [0.2, 0.25) is 0 Å². The number of aryl methyl sites for hydroxylation is 1. The van der Waals surface area contributed by atoms with Crippen molar-refractivity contribution in [3.63, 3.8) is 0 Å². The van der Waals surface area contributed by atoms with Gasteiger partial charge in [0.1, 0.15) is 0 Å². The fourth-order valence-electron chi connectivity index (χ4n) is 4.67. The van der Waals surface area contributed by atoms with E-state index in [1.807, 2.05) is 0 Å². The molecule has 1 aromatic rings. The molecule has 1 saturated heterocycles. The van der Waals surface area contributed by atoms with Gasteiger partial charge >= 0.3 is 0 Å². The molecular formula is C19H30N2. The van der Waals surface area contributed by atoms with Gasteiger partial charge in [-0.15, -0.1) is 0 Å². The summed E-state index contributed by atoms with van der Waals surface area (Å²) < 4.78 is 0. The number of rotatable bonds is 6. The van der Waals surface area contributed by atoms with Crippen LogP contribution >= 0.6 is 0 Å². The van der Waals surface area contributed by atoms with E-state index >= 15 is 0 Å². The number of hydrogen-bond donors (Lipinski definition) is 1. The highest BCUT2D eigenvalue weighted by molar-refractivity contribution is 5.15. The third kappa shape index (κ3) is 3.17. The lowest BCUT2D eigenvalue weighted by Gasteiger charge is -2.45. The Morgan fingerprint density at radius 3 is 2.33 bits per heavy atom. The van der Waals surface area contributed by atoms with Crippen LogP contribution in [-0.2, 0) is 6.42 Å². The third-order valence-corrected chi connectivity index (χ3v) is 5.77. The minimum atomic E-state index is 0.444. The molecule has 1 saturated carbocycles. The molecule has 0 radical (unpaired) electrons. The molecule has 1 aliphatic carbocycles. The van der Waals surface area contributed by atoms with E-state index in [2.05, 4.69) is 47.6 Å². The second kappa shape index (κ2) is 6.93. The topological polar surface area (TPSA) is 15.3 Å². The van der Waals surface area contributed by atoms with E-state index in [9.17, 15) is 0 Å². The summed E-state index contributed by atoms with van der Waals surface area (Å²) in [5.41, 5.74) is 1.92. The number of likely N-dealkylation sites (N-methyl/N-ethyl adjacent to an activating group) is 1. The highest BCUT2D eigenvalue weighted by Gasteiger charge is 2.45. The summed E-state index contributed by atoms with van der Waals surface area (Å²) in [4.78, 5) is 2.83. The van der Waals surface area contributed by atoms with Crippen LogP contribution < -0.4 is 5.32 Å². The zero-order chi connectivity index (χ0) is 14.5. The molecule has 0 spiro atoms. The van der Waals surface area contributed by atoms with Gasteiger partial charge in [0.05, 0.1) is 0 Å². The van der Waals surface area contributed by atoms with Gasteiger partial charge in [-0.3, -0.25) is 4.90 Å². The maximum Gasteiger partial charge on any atom is 0.0362 e. The minimum absolute atomic E-state index is 0.444. The summed E-state index contributed by atoms with van der Waals surface area (Å²) >= 11 is 0. The van der Waals surface area contributed by atoms with Crippen LogP contribution in [0.25, 0.3) is 0 Å². The first-order valence-corrected chi connectivity index (χ1v) is 8.81. The highest BCUT2D eigenvalue weighted by Crippen LogP contribution is 2.41. The zero-order valence-electron chi connectivity index (χ0n) is 13.5. The maximum atomic E-state index is 3.69. The largest absolute Gasteiger partial charge is 0.315 e. The van der Waals surface area contributed by atoms with E-state index in [4.69, 9.17) is 0 Å². The molecule has 2 fully saturated rings. The SMILES string of the molecule is CNC(CCc1ccccc1)C1(N2CCCC2)CCCC1. The monoisotopic (exact) mass is 286 g/mol. The molecular weight excluding hydrogens is 256 g/mol. The molecule has 21 heavy (non-hydrogen) atoms. The predicted octanol–water partition coefficient (Wildman–Crippen LogP) is 3.62. The fraction of sp³-hybridized carbons (Fsp3) is 0.684. The number of hydrogen-bond acceptors (Lipinski definition) is 2. The van der Waals surface area contributed by atoms with E-state index in [1.165, 1.54) is 70.0 Å². The maximum absolute atomic E-state index is 3.69. The van der Waals surface area contributed by atoms with Crippen LogP contribution in [-0.4, -0.2) is 36.6 Å². The third-order valence-electron chi connectivity index (χ3n) is 5.77. The molecule has 1 unspecified atom stereocenters. The van der Waals surface area contributed by atoms with Gasteiger partial charge < -0.3 is 5.32 Å². The Labute approximate surface area is 129 Å². The van der Waals surface area contributed by atoms with Crippen molar-refractivity contribution < 1.29 is 0 Å². The van der Waals surface area contributed by atoms with Gasteiger partial charge in [0.25, 0.3) is 0 Å². The van der Waals surface area contributed by atoms with Crippen molar-refractivity contribution in [1.82, 2.24) is 10.2 Å². The molecule has 2 aliphatic rings. The molecule has 1 aliphatic heterocycles. The number of likely N-dealkylation sites (tertiary alicyclic amines) is 1. The van der Waals surface area contributed by atoms with Gasteiger partial charge in [-0.2, -0.15) is 0 Å². The fourth-order valence-corrected chi connectivity index (χ4v) is 4.67. The summed E-state index contributed by atoms with van der Waals surface area (Å²) in [5.74, 6) is 0. The van der Waals surface area contributed by atoms with Crippen molar-refractivity contribution in [1.29, 1.82) is 0 Å². The molecule has 0 amide bonds. The standard InChI is InChI=1S/C19H30N2/c1-20-18(12-11-17-9-3-2-4-10-17)19(13-5-6-14-19)21-15-7-8-16-21/h2-4,9-10,18,20H,5-8,11-16H2,1H3. The van der Waals surface area contributed by atoms with Gasteiger partial charge in [0.15, 0.2) is 0 Å². The van der Waals surface area contributed by atoms with E-state index < -0.39 is 0 Å². The second-order valence-corrected chi connectivity index (χ2v) is 6.87. The van der Waals surface area contributed by atoms with Gasteiger partial charge in [-0.05, 0) is 64.2 Å². The molecule has 2 nitrogen and oxygen atoms in total. The first kappa shape index (κ1) is 15.1. The molecule has 116 valence electrons. The quantitative estimate of drug-likeness (QED) is 0.859. The van der Waals surface area contributed by atoms with Crippen LogP contribution in [0.4, 0.5) is 0 Å². The van der Waals surface area contributed by atoms with Gasteiger partial charge in [-0.25, -0.2) is 0 Å². The van der Waals surface area contributed by atoms with Crippen molar-refractivity contribution in [2.75, 3.05) is 20.1 Å². The van der Waals surface area contributed by atoms with Crippen molar-refractivity contribution >= 4 is 0 Å². The van der Waals surface area contributed by atoms with Crippen molar-refractivity contribution in [2.24, 2.45) is 0 Å². The molecule has 1 heterocycles. The van der Waals surface area contributed by atoms with E-state index in [1.54, 1.807) is 0 Å². The molecule has 1 atom stereocenters. The van der Waals surface area contributed by atoms with Crippen molar-refractivity contribution in [2.45, 2.75) is 62.9 Å². The average molecular weight is 286 g/mol. The first-order valence-electron chi connectivity index (χ1n) is 8.81. The summed E-state index contributed by atoms with van der Waals surface area (Å²) in [6.45, 7) is 2.65. The lowest BCUT2D eigenvalue weighted by Crippen LogP contribution is -2.58. The van der Waals surface area contributed by atoms with Gasteiger partial charge in [0, 0.05) is 11.6 Å². The number of benzene rings is 1. The highest BCUT2D eigenvalue weighted by atomic mass is 15.2. The van der Waals surface area contributed by atoms with Crippen LogP contribution in [0.2, 0.25) is 0 Å². The predicted molar refractivity (Wildman–Crippen MR) is 89.6 cm³/mol. The Balaban J connectivity index is 1.70. The number of nitrogens with one attached hydrogen (secondary N) is 1. The van der Waals surface area contributed by atoms with E-state index in [0.29, 0.717) is 11.6 Å². The van der Waals surface area contributed by atoms with Crippen LogP contribution in [0.5, 0.6) is 0 Å². The Morgan fingerprint density at radius 2 is 1.71 bits per heavy atom. The van der Waals surface area contributed by atoms with Crippen molar-refractivity contribution in [3.05, 3.63) is 35.9 Å². The molecule has 0 bridgehead atoms. The molecule has 3 rings (SSSR count). The average Bonchev–Trinajstić information content (AvgIpc) is 3.21. The molecule has 0 aromatic heterocycles. The van der Waals surface area contributed by atoms with Crippen LogP contribution in [0.1, 0.15) is 50.5 Å². The summed E-state index contributed by atoms with van der Waals surface area (Å²) in [6, 6.07) is 11.6. The van der Waals surface area contributed by atoms with E-state index in [-0.39, 0.29) is 0 Å². The van der Waals surface area contributed by atoms with Crippen LogP contribution in [0.15, 0.2) is 30.3 Å². The molecule has 1 aromatic carbocycles. The minimum Gasteiger partial charge on any atom is -0.315 e. The number of nitrogens with zero attached hydrogens (tertiary/aromatic N) is 1. The normalized spacial score (nSPS) is 23.5. The lowest BCUT2D eigenvalue weighted by atomic mass is 9.83. The van der Waals surface area contributed by atoms with Gasteiger partial charge in [-0.1, -0.05) is 43.2 Å². The van der Waals surface area contributed by atoms with E-state index in [0.717, 1.165) is 0 Å². The van der Waals surface area contributed by atoms with Crippen LogP contribution in [0.3, 0.4) is 0 Å². The van der Waals surface area contributed by atoms with Crippen LogP contribution in [0, 0.1) is 0 Å². The zero-order valence-corrected chi connectivity index (χ0v) is 13.5. The Kier molecular flexibility index (Phi) is 4.97. The second-order valence-electron chi connectivity index (χ2n) is 6.87. The summed E-state index contributed by atoms with van der Waals surface area (Å²) in [7, 11) is 2.17. The lowest BCUT2D eigenvalue weighted by molar-refractivity contribution is 0.0763. The molecule has 1 N–H and O–H groups in total.